The molecule has 0 aliphatic carbocycles. The Kier molecular flexibility index (Phi) is 6.40. The number of methoxy groups -OCH3 is 1. The molecule has 0 bridgehead atoms. The Morgan fingerprint density at radius 2 is 1.69 bits per heavy atom. The van der Waals surface area contributed by atoms with Crippen molar-refractivity contribution >= 4 is 27.5 Å². The molecule has 1 saturated heterocycles. The molecule has 32 heavy (non-hydrogen) atoms. The third-order valence-corrected chi connectivity index (χ3v) is 7.29. The molecule has 0 radical (unpaired) electrons. The van der Waals surface area contributed by atoms with Crippen LogP contribution in [-0.4, -0.2) is 77.0 Å². The van der Waals surface area contributed by atoms with Gasteiger partial charge in [0.2, 0.25) is 21.8 Å². The van der Waals surface area contributed by atoms with Crippen molar-refractivity contribution in [1.29, 1.82) is 0 Å². The highest BCUT2D eigenvalue weighted by atomic mass is 35.5. The number of nitrogens with zero attached hydrogens (tertiary/aromatic N) is 6. The molecule has 1 fully saturated rings. The lowest BCUT2D eigenvalue weighted by Crippen LogP contribution is -2.51. The fraction of sp³-hybridized carbons (Fsp3) is 0.300. The van der Waals surface area contributed by atoms with Gasteiger partial charge in [0.1, 0.15) is 12.3 Å². The maximum absolute atomic E-state index is 12.9. The van der Waals surface area contributed by atoms with E-state index in [9.17, 15) is 13.2 Å². The van der Waals surface area contributed by atoms with Gasteiger partial charge in [0.25, 0.3) is 0 Å². The van der Waals surface area contributed by atoms with Crippen molar-refractivity contribution in [3.8, 4) is 17.1 Å². The normalized spacial score (nSPS) is 15.0. The summed E-state index contributed by atoms with van der Waals surface area (Å²) in [6.07, 6.45) is 0. The first-order chi connectivity index (χ1) is 15.4. The molecule has 2 heterocycles. The average Bonchev–Trinajstić information content (AvgIpc) is 3.28. The van der Waals surface area contributed by atoms with Gasteiger partial charge in [0, 0.05) is 36.8 Å². The first-order valence-electron chi connectivity index (χ1n) is 9.82. The summed E-state index contributed by atoms with van der Waals surface area (Å²) in [5, 5.41) is 12.8. The largest absolute Gasteiger partial charge is 0.497 e. The smallest absolute Gasteiger partial charge is 0.246 e. The van der Waals surface area contributed by atoms with Gasteiger partial charge < -0.3 is 9.64 Å². The second-order valence-corrected chi connectivity index (χ2v) is 9.49. The summed E-state index contributed by atoms with van der Waals surface area (Å²) in [5.41, 5.74) is 0.741. The molecule has 10 nitrogen and oxygen atoms in total. The molecule has 12 heteroatoms. The van der Waals surface area contributed by atoms with Crippen LogP contribution in [0.15, 0.2) is 53.4 Å². The number of tetrazole rings is 1. The number of rotatable bonds is 6. The number of piperazine rings is 1. The van der Waals surface area contributed by atoms with E-state index in [-0.39, 0.29) is 43.5 Å². The Bertz CT molecular complexity index is 1190. The van der Waals surface area contributed by atoms with E-state index in [0.29, 0.717) is 16.6 Å². The number of aromatic nitrogens is 4. The maximum atomic E-state index is 12.9. The highest BCUT2D eigenvalue weighted by molar-refractivity contribution is 7.89. The standard InChI is InChI=1S/C20H21ClN6O4S/c1-31-17-6-8-18(9-7-17)32(29,30)26-12-10-25(11-13-26)19(28)14-27-23-20(22-24-27)15-2-4-16(21)5-3-15/h2-9H,10-14H2,1H3. The van der Waals surface area contributed by atoms with E-state index in [1.807, 2.05) is 0 Å². The summed E-state index contributed by atoms with van der Waals surface area (Å²) in [4.78, 5) is 15.7. The molecule has 3 aromatic rings. The van der Waals surface area contributed by atoms with Crippen LogP contribution in [-0.2, 0) is 21.4 Å². The lowest BCUT2D eigenvalue weighted by Gasteiger charge is -2.33. The van der Waals surface area contributed by atoms with Gasteiger partial charge in [-0.3, -0.25) is 4.79 Å². The molecule has 4 rings (SSSR count). The Balaban J connectivity index is 1.35. The fourth-order valence-electron chi connectivity index (χ4n) is 3.32. The van der Waals surface area contributed by atoms with Gasteiger partial charge >= 0.3 is 0 Å². The van der Waals surface area contributed by atoms with Gasteiger partial charge in [0.15, 0.2) is 0 Å². The number of hydrogen-bond donors (Lipinski definition) is 0. The SMILES string of the molecule is COc1ccc(S(=O)(=O)N2CCN(C(=O)Cn3nnc(-c4ccc(Cl)cc4)n3)CC2)cc1. The molecule has 1 aliphatic rings. The van der Waals surface area contributed by atoms with Gasteiger partial charge in [-0.25, -0.2) is 8.42 Å². The Labute approximate surface area is 190 Å². The van der Waals surface area contributed by atoms with Crippen LogP contribution in [0.3, 0.4) is 0 Å². The number of amides is 1. The molecular formula is C20H21ClN6O4S. The van der Waals surface area contributed by atoms with Crippen LogP contribution >= 0.6 is 11.6 Å². The number of sulfonamides is 1. The second-order valence-electron chi connectivity index (χ2n) is 7.11. The van der Waals surface area contributed by atoms with Crippen LogP contribution in [0.2, 0.25) is 5.02 Å². The fourth-order valence-corrected chi connectivity index (χ4v) is 4.87. The summed E-state index contributed by atoms with van der Waals surface area (Å²) < 4.78 is 32.2. The summed E-state index contributed by atoms with van der Waals surface area (Å²) in [6.45, 7) is 0.910. The summed E-state index contributed by atoms with van der Waals surface area (Å²) in [5.74, 6) is 0.775. The first kappa shape index (κ1) is 22.2. The van der Waals surface area contributed by atoms with E-state index in [1.54, 1.807) is 41.3 Å². The quantitative estimate of drug-likeness (QED) is 0.530. The molecule has 0 atom stereocenters. The Morgan fingerprint density at radius 3 is 2.31 bits per heavy atom. The van der Waals surface area contributed by atoms with E-state index < -0.39 is 10.0 Å². The summed E-state index contributed by atoms with van der Waals surface area (Å²) in [7, 11) is -2.11. The zero-order valence-electron chi connectivity index (χ0n) is 17.3. The van der Waals surface area contributed by atoms with Crippen LogP contribution in [0, 0.1) is 0 Å². The van der Waals surface area contributed by atoms with E-state index in [4.69, 9.17) is 16.3 Å². The van der Waals surface area contributed by atoms with E-state index in [1.165, 1.54) is 28.3 Å². The molecule has 0 unspecified atom stereocenters. The minimum absolute atomic E-state index is 0.0776. The molecule has 0 saturated carbocycles. The van der Waals surface area contributed by atoms with E-state index >= 15 is 0 Å². The van der Waals surface area contributed by atoms with Crippen molar-refractivity contribution in [2.75, 3.05) is 33.3 Å². The van der Waals surface area contributed by atoms with Crippen molar-refractivity contribution in [2.24, 2.45) is 0 Å². The number of hydrogen-bond acceptors (Lipinski definition) is 7. The van der Waals surface area contributed by atoms with E-state index in [2.05, 4.69) is 15.4 Å². The minimum Gasteiger partial charge on any atom is -0.497 e. The van der Waals surface area contributed by atoms with Crippen LogP contribution in [0.5, 0.6) is 5.75 Å². The zero-order chi connectivity index (χ0) is 22.7. The molecule has 0 N–H and O–H groups in total. The van der Waals surface area contributed by atoms with Gasteiger partial charge in [-0.2, -0.15) is 9.10 Å². The first-order valence-corrected chi connectivity index (χ1v) is 11.6. The van der Waals surface area contributed by atoms with Crippen LogP contribution in [0.25, 0.3) is 11.4 Å². The minimum atomic E-state index is -3.63. The number of benzene rings is 2. The molecular weight excluding hydrogens is 456 g/mol. The number of carbonyl (C=O) groups is 1. The second kappa shape index (κ2) is 9.23. The summed E-state index contributed by atoms with van der Waals surface area (Å²) in [6, 6.07) is 13.2. The van der Waals surface area contributed by atoms with Crippen molar-refractivity contribution in [2.45, 2.75) is 11.4 Å². The van der Waals surface area contributed by atoms with Crippen molar-refractivity contribution in [1.82, 2.24) is 29.4 Å². The Hall–Kier alpha value is -3.02. The maximum Gasteiger partial charge on any atom is 0.246 e. The molecule has 2 aromatic carbocycles. The van der Waals surface area contributed by atoms with Crippen LogP contribution in [0.1, 0.15) is 0 Å². The van der Waals surface area contributed by atoms with Gasteiger partial charge in [-0.05, 0) is 53.7 Å². The zero-order valence-corrected chi connectivity index (χ0v) is 18.8. The number of halogens is 1. The molecule has 0 spiro atoms. The van der Waals surface area contributed by atoms with Gasteiger partial charge in [0.05, 0.1) is 12.0 Å². The highest BCUT2D eigenvalue weighted by Gasteiger charge is 2.30. The average molecular weight is 477 g/mol. The van der Waals surface area contributed by atoms with Crippen LogP contribution in [0.4, 0.5) is 0 Å². The third kappa shape index (κ3) is 4.74. The monoisotopic (exact) mass is 476 g/mol. The lowest BCUT2D eigenvalue weighted by atomic mass is 10.2. The lowest BCUT2D eigenvalue weighted by molar-refractivity contribution is -0.133. The van der Waals surface area contributed by atoms with Crippen molar-refractivity contribution in [3.05, 3.63) is 53.6 Å². The van der Waals surface area contributed by atoms with Crippen LogP contribution < -0.4 is 4.74 Å². The third-order valence-electron chi connectivity index (χ3n) is 5.12. The molecule has 1 amide bonds. The van der Waals surface area contributed by atoms with Crippen molar-refractivity contribution < 1.29 is 17.9 Å². The predicted molar refractivity (Wildman–Crippen MR) is 117 cm³/mol. The molecule has 1 aromatic heterocycles. The number of carbonyl (C=O) groups excluding carboxylic acids is 1. The predicted octanol–water partition coefficient (Wildman–Crippen LogP) is 1.54. The van der Waals surface area contributed by atoms with E-state index in [0.717, 1.165) is 5.56 Å². The van der Waals surface area contributed by atoms with Crippen molar-refractivity contribution in [3.63, 3.8) is 0 Å². The highest BCUT2D eigenvalue weighted by Crippen LogP contribution is 2.21. The van der Waals surface area contributed by atoms with Gasteiger partial charge in [-0.15, -0.1) is 10.2 Å². The molecule has 168 valence electrons. The topological polar surface area (TPSA) is 111 Å². The molecule has 1 aliphatic heterocycles. The number of ether oxygens (including phenoxy) is 1. The Morgan fingerprint density at radius 1 is 1.03 bits per heavy atom. The van der Waals surface area contributed by atoms with Gasteiger partial charge in [-0.1, -0.05) is 11.6 Å². The summed E-state index contributed by atoms with van der Waals surface area (Å²) >= 11 is 5.89.